The maximum absolute atomic E-state index is 13.9. The summed E-state index contributed by atoms with van der Waals surface area (Å²) in [6, 6.07) is 11.3. The average molecular weight is 373 g/mol. The Labute approximate surface area is 156 Å². The van der Waals surface area contributed by atoms with Crippen LogP contribution in [0.5, 0.6) is 0 Å². The lowest BCUT2D eigenvalue weighted by molar-refractivity contribution is 0.0106. The molecule has 27 heavy (non-hydrogen) atoms. The molecule has 0 radical (unpaired) electrons. The van der Waals surface area contributed by atoms with Gasteiger partial charge in [-0.05, 0) is 36.1 Å². The number of halogens is 2. The molecule has 2 unspecified atom stereocenters. The van der Waals surface area contributed by atoms with Crippen LogP contribution < -0.4 is 0 Å². The molecule has 2 aromatic carbocycles. The Balaban J connectivity index is 1.38. The third-order valence-corrected chi connectivity index (χ3v) is 4.79. The average Bonchev–Trinajstić information content (AvgIpc) is 3.35. The first-order valence-electron chi connectivity index (χ1n) is 9.14. The van der Waals surface area contributed by atoms with Crippen LogP contribution in [0.1, 0.15) is 35.6 Å². The number of aliphatic imine (C=N–C) groups is 1. The number of benzene rings is 2. The summed E-state index contributed by atoms with van der Waals surface area (Å²) in [4.78, 5) is 4.36. The van der Waals surface area contributed by atoms with Gasteiger partial charge >= 0.3 is 0 Å². The van der Waals surface area contributed by atoms with Crippen LogP contribution in [-0.4, -0.2) is 31.8 Å². The highest BCUT2D eigenvalue weighted by atomic mass is 19.1. The maximum Gasteiger partial charge on any atom is 0.222 e. The Bertz CT molecular complexity index is 796. The van der Waals surface area contributed by atoms with Crippen molar-refractivity contribution in [1.29, 1.82) is 0 Å². The first-order valence-corrected chi connectivity index (χ1v) is 9.14. The molecule has 0 saturated carbocycles. The highest BCUT2D eigenvalue weighted by Gasteiger charge is 2.26. The van der Waals surface area contributed by atoms with Crippen LogP contribution in [0.3, 0.4) is 0 Å². The highest BCUT2D eigenvalue weighted by molar-refractivity contribution is 5.95. The Morgan fingerprint density at radius 1 is 1.07 bits per heavy atom. The minimum atomic E-state index is -0.673. The van der Waals surface area contributed by atoms with Gasteiger partial charge < -0.3 is 14.2 Å². The van der Waals surface area contributed by atoms with Gasteiger partial charge in [-0.3, -0.25) is 0 Å². The van der Waals surface area contributed by atoms with Gasteiger partial charge in [0.2, 0.25) is 5.90 Å². The van der Waals surface area contributed by atoms with Gasteiger partial charge in [0.1, 0.15) is 29.8 Å². The molecule has 6 heteroatoms. The summed E-state index contributed by atoms with van der Waals surface area (Å²) in [6.07, 6.45) is 2.38. The fourth-order valence-electron chi connectivity index (χ4n) is 3.30. The van der Waals surface area contributed by atoms with Crippen molar-refractivity contribution in [3.05, 3.63) is 70.8 Å². The Morgan fingerprint density at radius 2 is 1.85 bits per heavy atom. The molecule has 0 amide bonds. The molecule has 0 spiro atoms. The Kier molecular flexibility index (Phi) is 5.45. The van der Waals surface area contributed by atoms with Gasteiger partial charge in [0, 0.05) is 6.61 Å². The molecule has 2 aliphatic rings. The van der Waals surface area contributed by atoms with Crippen LogP contribution in [-0.2, 0) is 20.8 Å². The van der Waals surface area contributed by atoms with Crippen molar-refractivity contribution in [1.82, 2.24) is 0 Å². The smallest absolute Gasteiger partial charge is 0.222 e. The summed E-state index contributed by atoms with van der Waals surface area (Å²) in [7, 11) is 0. The van der Waals surface area contributed by atoms with Gasteiger partial charge in [-0.2, -0.15) is 0 Å². The predicted molar refractivity (Wildman–Crippen MR) is 96.7 cm³/mol. The molecule has 0 bridgehead atoms. The van der Waals surface area contributed by atoms with Gasteiger partial charge in [0.15, 0.2) is 0 Å². The van der Waals surface area contributed by atoms with Crippen molar-refractivity contribution >= 4 is 5.90 Å². The zero-order chi connectivity index (χ0) is 18.6. The van der Waals surface area contributed by atoms with E-state index in [1.165, 1.54) is 18.2 Å². The van der Waals surface area contributed by atoms with Crippen LogP contribution in [0.2, 0.25) is 0 Å². The maximum atomic E-state index is 13.9. The molecule has 0 N–H and O–H groups in total. The second kappa shape index (κ2) is 8.15. The van der Waals surface area contributed by atoms with E-state index in [0.29, 0.717) is 13.2 Å². The molecule has 1 saturated heterocycles. The lowest BCUT2D eigenvalue weighted by Crippen LogP contribution is -2.13. The van der Waals surface area contributed by atoms with E-state index in [9.17, 15) is 8.78 Å². The van der Waals surface area contributed by atoms with E-state index >= 15 is 0 Å². The molecular formula is C21H21F2NO3. The number of hydrogen-bond donors (Lipinski definition) is 0. The van der Waals surface area contributed by atoms with Gasteiger partial charge in [0.05, 0.1) is 19.3 Å². The van der Waals surface area contributed by atoms with E-state index in [-0.39, 0.29) is 30.2 Å². The van der Waals surface area contributed by atoms with E-state index < -0.39 is 11.6 Å². The number of hydrogen-bond acceptors (Lipinski definition) is 4. The van der Waals surface area contributed by atoms with Gasteiger partial charge in [-0.15, -0.1) is 0 Å². The lowest BCUT2D eigenvalue weighted by atomic mass is 10.1. The number of rotatable bonds is 6. The summed E-state index contributed by atoms with van der Waals surface area (Å²) < 4.78 is 44.5. The monoisotopic (exact) mass is 373 g/mol. The van der Waals surface area contributed by atoms with Crippen LogP contribution in [0.4, 0.5) is 8.78 Å². The van der Waals surface area contributed by atoms with Crippen LogP contribution in [0, 0.1) is 11.6 Å². The molecular weight excluding hydrogens is 352 g/mol. The van der Waals surface area contributed by atoms with E-state index in [1.807, 2.05) is 24.3 Å². The highest BCUT2D eigenvalue weighted by Crippen LogP contribution is 2.27. The minimum Gasteiger partial charge on any atom is -0.475 e. The van der Waals surface area contributed by atoms with Crippen LogP contribution >= 0.6 is 0 Å². The zero-order valence-corrected chi connectivity index (χ0v) is 14.9. The molecule has 142 valence electrons. The fourth-order valence-corrected chi connectivity index (χ4v) is 3.30. The molecule has 2 aromatic rings. The third kappa shape index (κ3) is 4.17. The van der Waals surface area contributed by atoms with E-state index in [2.05, 4.69) is 4.99 Å². The van der Waals surface area contributed by atoms with Crippen LogP contribution in [0.15, 0.2) is 47.5 Å². The molecule has 0 aliphatic carbocycles. The number of ether oxygens (including phenoxy) is 3. The minimum absolute atomic E-state index is 0.0135. The number of nitrogens with zero attached hydrogens (tertiary/aromatic N) is 1. The first kappa shape index (κ1) is 18.1. The third-order valence-electron chi connectivity index (χ3n) is 4.79. The van der Waals surface area contributed by atoms with E-state index in [4.69, 9.17) is 14.2 Å². The standard InChI is InChI=1S/C21H21F2NO3/c22-17-4-1-5-18(23)20(17)21-24-19(13-27-21)15-8-6-14(7-9-15)11-25-12-16-3-2-10-26-16/h1,4-9,16,19H,2-3,10-13H2. The van der Waals surface area contributed by atoms with Crippen molar-refractivity contribution in [3.63, 3.8) is 0 Å². The summed E-state index contributed by atoms with van der Waals surface area (Å²) >= 11 is 0. The van der Waals surface area contributed by atoms with Crippen LogP contribution in [0.25, 0.3) is 0 Å². The van der Waals surface area contributed by atoms with E-state index in [1.54, 1.807) is 0 Å². The topological polar surface area (TPSA) is 40.0 Å². The zero-order valence-electron chi connectivity index (χ0n) is 14.9. The molecule has 1 fully saturated rings. The van der Waals surface area contributed by atoms with Crippen molar-refractivity contribution in [3.8, 4) is 0 Å². The molecule has 4 rings (SSSR count). The summed E-state index contributed by atoms with van der Waals surface area (Å²) in [6.45, 7) is 2.22. The van der Waals surface area contributed by atoms with Crippen molar-refractivity contribution < 1.29 is 23.0 Å². The van der Waals surface area contributed by atoms with Crippen molar-refractivity contribution in [2.24, 2.45) is 4.99 Å². The molecule has 2 aliphatic heterocycles. The summed E-state index contributed by atoms with van der Waals surface area (Å²) in [5.41, 5.74) is 1.78. The van der Waals surface area contributed by atoms with Crippen molar-refractivity contribution in [2.75, 3.05) is 19.8 Å². The summed E-state index contributed by atoms with van der Waals surface area (Å²) in [5.74, 6) is -1.33. The van der Waals surface area contributed by atoms with Crippen molar-refractivity contribution in [2.45, 2.75) is 31.6 Å². The Morgan fingerprint density at radius 3 is 2.56 bits per heavy atom. The fraction of sp³-hybridized carbons (Fsp3) is 0.381. The normalized spacial score (nSPS) is 21.9. The largest absolute Gasteiger partial charge is 0.475 e. The molecule has 4 nitrogen and oxygen atoms in total. The van der Waals surface area contributed by atoms with Gasteiger partial charge in [0.25, 0.3) is 0 Å². The molecule has 2 atom stereocenters. The lowest BCUT2D eigenvalue weighted by Gasteiger charge is -2.11. The SMILES string of the molecule is Fc1cccc(F)c1C1=NC(c2ccc(COCC3CCCO3)cc2)CO1. The quantitative estimate of drug-likeness (QED) is 0.763. The predicted octanol–water partition coefficient (Wildman–Crippen LogP) is 4.18. The van der Waals surface area contributed by atoms with Gasteiger partial charge in [-0.1, -0.05) is 30.3 Å². The van der Waals surface area contributed by atoms with Gasteiger partial charge in [-0.25, -0.2) is 13.8 Å². The molecule has 2 heterocycles. The molecule has 0 aromatic heterocycles. The Hall–Kier alpha value is -2.31. The second-order valence-corrected chi connectivity index (χ2v) is 6.75. The summed E-state index contributed by atoms with van der Waals surface area (Å²) in [5, 5.41) is 0. The van der Waals surface area contributed by atoms with E-state index in [0.717, 1.165) is 30.6 Å². The second-order valence-electron chi connectivity index (χ2n) is 6.75. The first-order chi connectivity index (χ1) is 13.2.